The molecule has 1 aromatic carbocycles. The molecule has 1 aliphatic heterocycles. The number of rotatable bonds is 9. The molecule has 7 heteroatoms. The second-order valence-corrected chi connectivity index (χ2v) is 8.04. The Balaban J connectivity index is 1.60. The minimum absolute atomic E-state index is 0.0625. The first kappa shape index (κ1) is 21.6. The molecule has 1 aromatic rings. The van der Waals surface area contributed by atoms with Crippen molar-refractivity contribution in [3.63, 3.8) is 0 Å². The lowest BCUT2D eigenvalue weighted by atomic mass is 10.2. The molecule has 0 saturated carbocycles. The molecule has 6 nitrogen and oxygen atoms in total. The quantitative estimate of drug-likeness (QED) is 0.291. The molecule has 1 unspecified atom stereocenters. The molecule has 27 heavy (non-hydrogen) atoms. The number of likely N-dealkylation sites (tertiary alicyclic amines) is 1. The van der Waals surface area contributed by atoms with Crippen molar-refractivity contribution in [3.8, 4) is 0 Å². The number of carbonyl (C=O) groups excluding carboxylic acids is 1. The molecule has 0 bridgehead atoms. The molecule has 150 valence electrons. The Labute approximate surface area is 167 Å². The molecule has 1 heterocycles. The van der Waals surface area contributed by atoms with Crippen molar-refractivity contribution < 1.29 is 4.79 Å². The van der Waals surface area contributed by atoms with Crippen LogP contribution in [-0.2, 0) is 4.79 Å². The van der Waals surface area contributed by atoms with Crippen LogP contribution in [0.5, 0.6) is 0 Å². The van der Waals surface area contributed by atoms with Gasteiger partial charge in [0.1, 0.15) is 0 Å². The molecule has 1 amide bonds. The molecule has 1 aliphatic rings. The molecule has 0 spiro atoms. The van der Waals surface area contributed by atoms with Crippen LogP contribution in [0.1, 0.15) is 19.3 Å². The number of likely N-dealkylation sites (N-methyl/N-ethyl adjacent to an activating group) is 1. The number of nitrogens with zero attached hydrogens (tertiary/aromatic N) is 3. The molecule has 2 N–H and O–H groups in total. The van der Waals surface area contributed by atoms with Gasteiger partial charge in [-0.15, -0.1) is 11.8 Å². The monoisotopic (exact) mass is 391 g/mol. The van der Waals surface area contributed by atoms with Gasteiger partial charge in [-0.05, 0) is 37.9 Å². The second-order valence-electron chi connectivity index (χ2n) is 6.87. The highest BCUT2D eigenvalue weighted by molar-refractivity contribution is 7.99. The maximum Gasteiger partial charge on any atom is 0.239 e. The largest absolute Gasteiger partial charge is 0.356 e. The lowest BCUT2D eigenvalue weighted by Crippen LogP contribution is -2.44. The van der Waals surface area contributed by atoms with Gasteiger partial charge in [0, 0.05) is 51.4 Å². The smallest absolute Gasteiger partial charge is 0.239 e. The Kier molecular flexibility index (Phi) is 9.48. The Bertz CT molecular complexity index is 593. The van der Waals surface area contributed by atoms with Gasteiger partial charge in [-0.3, -0.25) is 14.7 Å². The number of guanidine groups is 1. The summed E-state index contributed by atoms with van der Waals surface area (Å²) in [5, 5.41) is 6.72. The summed E-state index contributed by atoms with van der Waals surface area (Å²) in [4.78, 5) is 21.8. The van der Waals surface area contributed by atoms with Gasteiger partial charge in [0.25, 0.3) is 0 Å². The first-order chi connectivity index (χ1) is 13.1. The molecule has 0 aromatic heterocycles. The third kappa shape index (κ3) is 7.42. The van der Waals surface area contributed by atoms with E-state index in [0.717, 1.165) is 57.2 Å². The van der Waals surface area contributed by atoms with Crippen LogP contribution in [0, 0.1) is 0 Å². The van der Waals surface area contributed by atoms with Gasteiger partial charge >= 0.3 is 0 Å². The highest BCUT2D eigenvalue weighted by atomic mass is 32.2. The molecule has 1 saturated heterocycles. The molecular formula is C20H33N5OS. The van der Waals surface area contributed by atoms with Gasteiger partial charge in [0.2, 0.25) is 5.91 Å². The molecule has 2 rings (SSSR count). The fourth-order valence-corrected chi connectivity index (χ4v) is 4.03. The summed E-state index contributed by atoms with van der Waals surface area (Å²) in [5.41, 5.74) is 0. The average molecular weight is 392 g/mol. The number of thioether (sulfide) groups is 1. The number of hydrogen-bond acceptors (Lipinski definition) is 4. The number of nitrogens with one attached hydrogen (secondary N) is 2. The molecule has 1 fully saturated rings. The van der Waals surface area contributed by atoms with E-state index in [9.17, 15) is 4.79 Å². The topological polar surface area (TPSA) is 60.0 Å². The Hall–Kier alpha value is -1.73. The van der Waals surface area contributed by atoms with E-state index < -0.39 is 0 Å². The maximum atomic E-state index is 12.2. The molecular weight excluding hydrogens is 358 g/mol. The van der Waals surface area contributed by atoms with Crippen molar-refractivity contribution in [3.05, 3.63) is 30.3 Å². The minimum Gasteiger partial charge on any atom is -0.356 e. The van der Waals surface area contributed by atoms with Gasteiger partial charge in [-0.1, -0.05) is 18.2 Å². The first-order valence-electron chi connectivity index (χ1n) is 9.69. The van der Waals surface area contributed by atoms with Crippen LogP contribution in [0.4, 0.5) is 0 Å². The van der Waals surface area contributed by atoms with Crippen LogP contribution < -0.4 is 10.6 Å². The lowest BCUT2D eigenvalue weighted by molar-refractivity contribution is -0.133. The zero-order valence-electron chi connectivity index (χ0n) is 16.8. The third-order valence-electron chi connectivity index (χ3n) is 4.63. The fourth-order valence-electron chi connectivity index (χ4n) is 3.24. The molecule has 0 radical (unpaired) electrons. The zero-order chi connectivity index (χ0) is 19.5. The van der Waals surface area contributed by atoms with Crippen LogP contribution in [0.15, 0.2) is 40.2 Å². The Morgan fingerprint density at radius 1 is 1.26 bits per heavy atom. The third-order valence-corrected chi connectivity index (χ3v) is 5.65. The van der Waals surface area contributed by atoms with Crippen LogP contribution in [0.3, 0.4) is 0 Å². The van der Waals surface area contributed by atoms with Gasteiger partial charge in [0.05, 0.1) is 6.04 Å². The van der Waals surface area contributed by atoms with Crippen molar-refractivity contribution in [2.45, 2.75) is 30.2 Å². The van der Waals surface area contributed by atoms with Crippen molar-refractivity contribution in [1.82, 2.24) is 20.4 Å². The van der Waals surface area contributed by atoms with Crippen molar-refractivity contribution in [1.29, 1.82) is 0 Å². The van der Waals surface area contributed by atoms with E-state index in [4.69, 9.17) is 0 Å². The van der Waals surface area contributed by atoms with Crippen LogP contribution >= 0.6 is 11.8 Å². The number of carbonyl (C=O) groups is 1. The summed E-state index contributed by atoms with van der Waals surface area (Å²) in [6, 6.07) is 10.5. The SMILES string of the molecule is CN=C(NCCCN1CCCC1C(=O)N(C)C)NCCSc1ccccc1. The summed E-state index contributed by atoms with van der Waals surface area (Å²) in [5.74, 6) is 2.06. The summed E-state index contributed by atoms with van der Waals surface area (Å²) in [7, 11) is 5.48. The van der Waals surface area contributed by atoms with Crippen LogP contribution in [-0.4, -0.2) is 80.8 Å². The summed E-state index contributed by atoms with van der Waals surface area (Å²) in [6.45, 7) is 3.68. The van der Waals surface area contributed by atoms with Crippen molar-refractivity contribution in [2.75, 3.05) is 53.1 Å². The number of benzene rings is 1. The number of amides is 1. The predicted octanol–water partition coefficient (Wildman–Crippen LogP) is 1.89. The maximum absolute atomic E-state index is 12.2. The average Bonchev–Trinajstić information content (AvgIpc) is 3.15. The van der Waals surface area contributed by atoms with E-state index in [-0.39, 0.29) is 11.9 Å². The molecule has 1 atom stereocenters. The Morgan fingerprint density at radius 3 is 2.70 bits per heavy atom. The van der Waals surface area contributed by atoms with E-state index in [0.29, 0.717) is 0 Å². The van der Waals surface area contributed by atoms with Crippen molar-refractivity contribution >= 4 is 23.6 Å². The summed E-state index contributed by atoms with van der Waals surface area (Å²) in [6.07, 6.45) is 3.09. The zero-order valence-corrected chi connectivity index (χ0v) is 17.6. The predicted molar refractivity (Wildman–Crippen MR) is 114 cm³/mol. The highest BCUT2D eigenvalue weighted by Crippen LogP contribution is 2.18. The number of hydrogen-bond donors (Lipinski definition) is 2. The van der Waals surface area contributed by atoms with Gasteiger partial charge in [-0.2, -0.15) is 0 Å². The Morgan fingerprint density at radius 2 is 2.00 bits per heavy atom. The summed E-state index contributed by atoms with van der Waals surface area (Å²) < 4.78 is 0. The van der Waals surface area contributed by atoms with Gasteiger partial charge in [0.15, 0.2) is 5.96 Å². The van der Waals surface area contributed by atoms with Gasteiger partial charge in [-0.25, -0.2) is 0 Å². The highest BCUT2D eigenvalue weighted by Gasteiger charge is 2.30. The molecule has 0 aliphatic carbocycles. The normalized spacial score (nSPS) is 17.7. The van der Waals surface area contributed by atoms with Crippen molar-refractivity contribution in [2.24, 2.45) is 4.99 Å². The lowest BCUT2D eigenvalue weighted by Gasteiger charge is -2.26. The van der Waals surface area contributed by atoms with E-state index in [2.05, 4.69) is 44.8 Å². The minimum atomic E-state index is 0.0625. The fraction of sp³-hybridized carbons (Fsp3) is 0.600. The van der Waals surface area contributed by atoms with E-state index >= 15 is 0 Å². The van der Waals surface area contributed by atoms with Crippen LogP contribution in [0.2, 0.25) is 0 Å². The van der Waals surface area contributed by atoms with E-state index in [1.165, 1.54) is 4.90 Å². The van der Waals surface area contributed by atoms with Crippen LogP contribution in [0.25, 0.3) is 0 Å². The van der Waals surface area contributed by atoms with E-state index in [1.807, 2.05) is 31.9 Å². The number of aliphatic imine (C=N–C) groups is 1. The van der Waals surface area contributed by atoms with E-state index in [1.54, 1.807) is 11.9 Å². The van der Waals surface area contributed by atoms with Gasteiger partial charge < -0.3 is 15.5 Å². The second kappa shape index (κ2) is 11.9. The first-order valence-corrected chi connectivity index (χ1v) is 10.7. The summed E-state index contributed by atoms with van der Waals surface area (Å²) >= 11 is 1.84. The standard InChI is InChI=1S/C20H33N5OS/c1-21-20(23-13-16-27-17-9-5-4-6-10-17)22-12-8-15-25-14-7-11-18(25)19(26)24(2)3/h4-6,9-10,18H,7-8,11-16H2,1-3H3,(H2,21,22,23).